The topological polar surface area (TPSA) is 99.1 Å². The van der Waals surface area contributed by atoms with E-state index in [1.807, 2.05) is 21.1 Å². The van der Waals surface area contributed by atoms with Crippen LogP contribution in [0.25, 0.3) is 0 Å². The van der Waals surface area contributed by atoms with Crippen molar-refractivity contribution in [3.05, 3.63) is 36.5 Å². The molecule has 8 nitrogen and oxygen atoms in total. The molecule has 0 rings (SSSR count). The molecule has 0 aliphatic rings. The van der Waals surface area contributed by atoms with Gasteiger partial charge < -0.3 is 23.8 Å². The Morgan fingerprint density at radius 1 is 0.492 bits per heavy atom. The van der Waals surface area contributed by atoms with Gasteiger partial charge in [0.15, 0.2) is 12.1 Å². The zero-order valence-corrected chi connectivity index (χ0v) is 40.6. The van der Waals surface area contributed by atoms with E-state index in [0.717, 1.165) is 51.4 Å². The third-order valence-corrected chi connectivity index (χ3v) is 11.5. The lowest BCUT2D eigenvalue weighted by molar-refractivity contribution is -0.887. The molecule has 8 heteroatoms. The number of ether oxygens (including phenoxy) is 3. The number of nitrogens with zero attached hydrogens (tertiary/aromatic N) is 1. The maximum Gasteiger partial charge on any atom is 0.362 e. The Labute approximate surface area is 376 Å². The minimum absolute atomic E-state index is 0.0552. The van der Waals surface area contributed by atoms with Crippen LogP contribution in [-0.4, -0.2) is 80.6 Å². The van der Waals surface area contributed by atoms with Crippen LogP contribution >= 0.6 is 0 Å². The summed E-state index contributed by atoms with van der Waals surface area (Å²) in [5.74, 6) is -1.47. The number of aliphatic carboxylic acids is 1. The van der Waals surface area contributed by atoms with Gasteiger partial charge in [-0.3, -0.25) is 9.59 Å². The minimum Gasteiger partial charge on any atom is -0.477 e. The predicted octanol–water partition coefficient (Wildman–Crippen LogP) is 14.6. The molecule has 1 N–H and O–H groups in total. The first-order chi connectivity index (χ1) is 29.6. The summed E-state index contributed by atoms with van der Waals surface area (Å²) in [6, 6.07) is -0.616. The fourth-order valence-corrected chi connectivity index (χ4v) is 7.53. The van der Waals surface area contributed by atoms with Gasteiger partial charge in [0.1, 0.15) is 6.61 Å². The molecule has 0 aliphatic carbocycles. The maximum absolute atomic E-state index is 12.8. The molecule has 0 fully saturated rings. The molecule has 0 amide bonds. The number of likely N-dealkylation sites (N-methyl/N-ethyl adjacent to an activating group) is 1. The summed E-state index contributed by atoms with van der Waals surface area (Å²) >= 11 is 0. The van der Waals surface area contributed by atoms with Crippen LogP contribution in [0.3, 0.4) is 0 Å². The highest BCUT2D eigenvalue weighted by Crippen LogP contribution is 2.15. The van der Waals surface area contributed by atoms with Crippen LogP contribution in [0.2, 0.25) is 0 Å². The molecule has 0 spiro atoms. The highest BCUT2D eigenvalue weighted by molar-refractivity contribution is 5.72. The number of rotatable bonds is 46. The Hall–Kier alpha value is -2.45. The van der Waals surface area contributed by atoms with Crippen LogP contribution in [0.1, 0.15) is 232 Å². The van der Waals surface area contributed by atoms with E-state index in [0.29, 0.717) is 19.3 Å². The standard InChI is InChI=1S/C53H97NO7/c1-6-8-10-12-14-16-18-20-22-23-24-25-26-27-28-30-31-33-35-37-39-41-43-51(55)60-48-49(47-59-46-45-50(53(57)58)54(3,4)5)61-52(56)44-42-40-38-36-34-32-29-21-19-17-15-13-11-9-7-2/h17,19,23-24,26-27,49-50H,6-16,18,20-22,25,28-48H2,1-5H3/p+1/b19-17+,24-23+,27-26+. The highest BCUT2D eigenvalue weighted by atomic mass is 16.6. The van der Waals surface area contributed by atoms with E-state index >= 15 is 0 Å². The minimum atomic E-state index is -0.875. The Balaban J connectivity index is 4.24. The number of esters is 2. The van der Waals surface area contributed by atoms with Crippen molar-refractivity contribution in [3.8, 4) is 0 Å². The molecule has 61 heavy (non-hydrogen) atoms. The van der Waals surface area contributed by atoms with E-state index in [2.05, 4.69) is 50.3 Å². The van der Waals surface area contributed by atoms with E-state index in [9.17, 15) is 19.5 Å². The Bertz CT molecular complexity index is 1090. The molecule has 2 unspecified atom stereocenters. The first kappa shape index (κ1) is 58.6. The maximum atomic E-state index is 12.8. The molecular weight excluding hydrogens is 763 g/mol. The molecular formula is C53H98NO7+. The van der Waals surface area contributed by atoms with Crippen molar-refractivity contribution >= 4 is 17.9 Å². The second kappa shape index (κ2) is 44.2. The summed E-state index contributed by atoms with van der Waals surface area (Å²) in [4.78, 5) is 37.1. The van der Waals surface area contributed by atoms with Gasteiger partial charge in [-0.1, -0.05) is 179 Å². The van der Waals surface area contributed by atoms with Gasteiger partial charge in [-0.2, -0.15) is 0 Å². The second-order valence-electron chi connectivity index (χ2n) is 18.4. The number of quaternary nitrogens is 1. The number of carbonyl (C=O) groups excluding carboxylic acids is 2. The zero-order valence-electron chi connectivity index (χ0n) is 40.6. The largest absolute Gasteiger partial charge is 0.477 e. The van der Waals surface area contributed by atoms with Crippen molar-refractivity contribution in [3.63, 3.8) is 0 Å². The fourth-order valence-electron chi connectivity index (χ4n) is 7.53. The van der Waals surface area contributed by atoms with Crippen molar-refractivity contribution in [2.45, 2.75) is 244 Å². The zero-order chi connectivity index (χ0) is 44.9. The number of carbonyl (C=O) groups is 3. The molecule has 0 heterocycles. The first-order valence-corrected chi connectivity index (χ1v) is 25.5. The molecule has 0 saturated heterocycles. The quantitative estimate of drug-likeness (QED) is 0.0282. The van der Waals surface area contributed by atoms with E-state index < -0.39 is 18.1 Å². The molecule has 0 aromatic carbocycles. The molecule has 0 aliphatic heterocycles. The monoisotopic (exact) mass is 861 g/mol. The van der Waals surface area contributed by atoms with Crippen LogP contribution in [0.5, 0.6) is 0 Å². The van der Waals surface area contributed by atoms with Crippen molar-refractivity contribution in [2.75, 3.05) is 41.0 Å². The molecule has 0 aromatic heterocycles. The average molecular weight is 861 g/mol. The van der Waals surface area contributed by atoms with Gasteiger partial charge in [-0.05, 0) is 70.6 Å². The number of hydrogen-bond donors (Lipinski definition) is 1. The number of hydrogen-bond acceptors (Lipinski definition) is 6. The fraction of sp³-hybridized carbons (Fsp3) is 0.830. The second-order valence-corrected chi connectivity index (χ2v) is 18.4. The van der Waals surface area contributed by atoms with Gasteiger partial charge in [0.05, 0.1) is 34.4 Å². The Morgan fingerprint density at radius 2 is 0.869 bits per heavy atom. The van der Waals surface area contributed by atoms with Gasteiger partial charge in [0, 0.05) is 19.3 Å². The SMILES string of the molecule is CCCCCC/C=C/CCCCCCCCCC(=O)OC(COCCC(C(=O)O)[N+](C)(C)C)COC(=O)CCCCCCCCC/C=C/C/C=C/CCCCCCCCCC. The smallest absolute Gasteiger partial charge is 0.362 e. The van der Waals surface area contributed by atoms with Gasteiger partial charge in [0.25, 0.3) is 0 Å². The van der Waals surface area contributed by atoms with Crippen molar-refractivity contribution in [1.82, 2.24) is 0 Å². The number of unbranched alkanes of at least 4 members (excludes halogenated alkanes) is 26. The third kappa shape index (κ3) is 42.6. The highest BCUT2D eigenvalue weighted by Gasteiger charge is 2.31. The summed E-state index contributed by atoms with van der Waals surface area (Å²) in [5, 5.41) is 9.64. The Morgan fingerprint density at radius 3 is 1.30 bits per heavy atom. The lowest BCUT2D eigenvalue weighted by Crippen LogP contribution is -2.50. The first-order valence-electron chi connectivity index (χ1n) is 25.5. The summed E-state index contributed by atoms with van der Waals surface area (Å²) in [7, 11) is 5.53. The summed E-state index contributed by atoms with van der Waals surface area (Å²) in [6.45, 7) is 4.73. The van der Waals surface area contributed by atoms with Gasteiger partial charge in [-0.25, -0.2) is 4.79 Å². The normalized spacial score (nSPS) is 13.1. The third-order valence-electron chi connectivity index (χ3n) is 11.5. The van der Waals surface area contributed by atoms with E-state index in [1.54, 1.807) is 0 Å². The molecule has 0 aromatic rings. The van der Waals surface area contributed by atoms with Crippen LogP contribution in [-0.2, 0) is 28.6 Å². The molecule has 0 bridgehead atoms. The van der Waals surface area contributed by atoms with Crippen LogP contribution < -0.4 is 0 Å². The predicted molar refractivity (Wildman–Crippen MR) is 257 cm³/mol. The van der Waals surface area contributed by atoms with Crippen LogP contribution in [0, 0.1) is 0 Å². The van der Waals surface area contributed by atoms with Gasteiger partial charge in [0.2, 0.25) is 0 Å². The Kier molecular flexibility index (Phi) is 42.4. The molecule has 356 valence electrons. The lowest BCUT2D eigenvalue weighted by Gasteiger charge is -2.31. The van der Waals surface area contributed by atoms with Crippen molar-refractivity contribution in [2.24, 2.45) is 0 Å². The molecule has 0 saturated carbocycles. The summed E-state index contributed by atoms with van der Waals surface area (Å²) in [6.07, 6.45) is 51.9. The number of allylic oxidation sites excluding steroid dienone is 6. The lowest BCUT2D eigenvalue weighted by atomic mass is 10.1. The summed E-state index contributed by atoms with van der Waals surface area (Å²) < 4.78 is 17.3. The van der Waals surface area contributed by atoms with E-state index in [1.165, 1.54) is 148 Å². The van der Waals surface area contributed by atoms with Crippen LogP contribution in [0.15, 0.2) is 36.5 Å². The van der Waals surface area contributed by atoms with E-state index in [-0.39, 0.29) is 36.2 Å². The summed E-state index contributed by atoms with van der Waals surface area (Å²) in [5.41, 5.74) is 0. The van der Waals surface area contributed by atoms with Crippen molar-refractivity contribution < 1.29 is 38.2 Å². The van der Waals surface area contributed by atoms with Crippen molar-refractivity contribution in [1.29, 1.82) is 0 Å². The number of carboxylic acid groups (broad SMARTS) is 1. The number of carboxylic acids is 1. The van der Waals surface area contributed by atoms with Gasteiger partial charge in [-0.15, -0.1) is 0 Å². The molecule has 0 radical (unpaired) electrons. The van der Waals surface area contributed by atoms with Crippen LogP contribution in [0.4, 0.5) is 0 Å². The van der Waals surface area contributed by atoms with E-state index in [4.69, 9.17) is 14.2 Å². The average Bonchev–Trinajstić information content (AvgIpc) is 3.22. The van der Waals surface area contributed by atoms with Gasteiger partial charge >= 0.3 is 17.9 Å². The molecule has 2 atom stereocenters.